The van der Waals surface area contributed by atoms with E-state index in [1.54, 1.807) is 36.7 Å². The molecule has 2 heterocycles. The Kier molecular flexibility index (Phi) is 3.54. The highest BCUT2D eigenvalue weighted by Gasteiger charge is 2.10. The van der Waals surface area contributed by atoms with E-state index in [0.29, 0.717) is 21.6 Å². The van der Waals surface area contributed by atoms with Crippen molar-refractivity contribution >= 4 is 34.9 Å². The zero-order chi connectivity index (χ0) is 13.9. The van der Waals surface area contributed by atoms with Crippen LogP contribution in [-0.2, 0) is 0 Å². The summed E-state index contributed by atoms with van der Waals surface area (Å²) in [5.41, 5.74) is 1.41. The molecule has 0 bridgehead atoms. The zero-order valence-electron chi connectivity index (χ0n) is 10.0. The second-order valence-electron chi connectivity index (χ2n) is 3.91. The molecule has 1 aromatic carbocycles. The molecule has 100 valence electrons. The van der Waals surface area contributed by atoms with Gasteiger partial charge in [-0.3, -0.25) is 4.98 Å². The van der Waals surface area contributed by atoms with Crippen molar-refractivity contribution in [2.45, 2.75) is 0 Å². The molecule has 0 saturated carbocycles. The first kappa shape index (κ1) is 12.9. The van der Waals surface area contributed by atoms with Crippen molar-refractivity contribution in [1.29, 1.82) is 0 Å². The molecule has 0 fully saturated rings. The molecule has 0 aliphatic heterocycles. The van der Waals surface area contributed by atoms with Crippen LogP contribution in [-0.4, -0.2) is 15.1 Å². The van der Waals surface area contributed by atoms with E-state index in [-0.39, 0.29) is 6.01 Å². The van der Waals surface area contributed by atoms with Crippen LogP contribution in [0, 0.1) is 0 Å². The van der Waals surface area contributed by atoms with Gasteiger partial charge in [0.05, 0.1) is 10.7 Å². The molecule has 0 radical (unpaired) electrons. The van der Waals surface area contributed by atoms with Gasteiger partial charge in [-0.25, -0.2) is 0 Å². The highest BCUT2D eigenvalue weighted by Crippen LogP contribution is 2.28. The molecule has 0 amide bonds. The van der Waals surface area contributed by atoms with Crippen LogP contribution in [0.25, 0.3) is 11.4 Å². The molecule has 5 nitrogen and oxygen atoms in total. The number of nitrogens with zero attached hydrogens (tertiary/aromatic N) is 3. The molecule has 3 rings (SSSR count). The molecule has 0 aliphatic carbocycles. The Morgan fingerprint density at radius 1 is 1.15 bits per heavy atom. The van der Waals surface area contributed by atoms with Crippen molar-refractivity contribution in [1.82, 2.24) is 15.1 Å². The lowest BCUT2D eigenvalue weighted by atomic mass is 10.3. The normalized spacial score (nSPS) is 10.5. The molecule has 0 unspecified atom stereocenters. The van der Waals surface area contributed by atoms with E-state index in [1.165, 1.54) is 0 Å². The lowest BCUT2D eigenvalue weighted by molar-refractivity contribution is 0.435. The van der Waals surface area contributed by atoms with Gasteiger partial charge in [0.25, 0.3) is 0 Å². The molecule has 3 aromatic rings. The molecule has 20 heavy (non-hydrogen) atoms. The minimum atomic E-state index is 0.244. The van der Waals surface area contributed by atoms with Gasteiger partial charge in [-0.15, -0.1) is 0 Å². The Hall–Kier alpha value is -2.11. The van der Waals surface area contributed by atoms with Crippen LogP contribution in [0.1, 0.15) is 0 Å². The first-order chi connectivity index (χ1) is 9.72. The summed E-state index contributed by atoms with van der Waals surface area (Å²) < 4.78 is 5.12. The number of pyridine rings is 1. The van der Waals surface area contributed by atoms with Crippen LogP contribution >= 0.6 is 23.2 Å². The average Bonchev–Trinajstić information content (AvgIpc) is 2.92. The van der Waals surface area contributed by atoms with Gasteiger partial charge < -0.3 is 9.84 Å². The van der Waals surface area contributed by atoms with Crippen molar-refractivity contribution in [2.24, 2.45) is 0 Å². The Bertz CT molecular complexity index is 730. The van der Waals surface area contributed by atoms with E-state index in [9.17, 15) is 0 Å². The minimum absolute atomic E-state index is 0.244. The molecule has 1 N–H and O–H groups in total. The summed E-state index contributed by atoms with van der Waals surface area (Å²) in [4.78, 5) is 8.22. The zero-order valence-corrected chi connectivity index (χ0v) is 11.6. The third-order valence-corrected chi connectivity index (χ3v) is 3.07. The van der Waals surface area contributed by atoms with Gasteiger partial charge in [-0.2, -0.15) is 4.98 Å². The standard InChI is InChI=1S/C13H8Cl2N4O/c14-9-3-4-11(10(15)6-9)17-13-18-12(19-20-13)8-2-1-5-16-7-8/h1-7H,(H,17,18,19). The third kappa shape index (κ3) is 2.74. The summed E-state index contributed by atoms with van der Waals surface area (Å²) in [5, 5.41) is 7.84. The summed E-state index contributed by atoms with van der Waals surface area (Å²) in [7, 11) is 0. The van der Waals surface area contributed by atoms with Crippen molar-refractivity contribution < 1.29 is 4.52 Å². The van der Waals surface area contributed by atoms with Gasteiger partial charge in [-0.05, 0) is 30.3 Å². The maximum atomic E-state index is 6.06. The average molecular weight is 307 g/mol. The predicted molar refractivity (Wildman–Crippen MR) is 77.3 cm³/mol. The van der Waals surface area contributed by atoms with Crippen molar-refractivity contribution in [3.8, 4) is 11.4 Å². The fourth-order valence-electron chi connectivity index (χ4n) is 1.59. The lowest BCUT2D eigenvalue weighted by Crippen LogP contribution is -1.91. The number of halogens is 2. The molecular formula is C13H8Cl2N4O. The molecule has 0 spiro atoms. The van der Waals surface area contributed by atoms with Crippen molar-refractivity contribution in [3.05, 3.63) is 52.8 Å². The van der Waals surface area contributed by atoms with E-state index >= 15 is 0 Å². The van der Waals surface area contributed by atoms with Crippen LogP contribution in [0.2, 0.25) is 10.0 Å². The number of nitrogens with one attached hydrogen (secondary N) is 1. The Morgan fingerprint density at radius 3 is 2.80 bits per heavy atom. The largest absolute Gasteiger partial charge is 0.326 e. The van der Waals surface area contributed by atoms with Crippen molar-refractivity contribution in [3.63, 3.8) is 0 Å². The molecule has 2 aromatic heterocycles. The topological polar surface area (TPSA) is 63.8 Å². The van der Waals surface area contributed by atoms with E-state index < -0.39 is 0 Å². The van der Waals surface area contributed by atoms with E-state index in [0.717, 1.165) is 5.56 Å². The smallest absolute Gasteiger partial charge is 0.315 e. The summed E-state index contributed by atoms with van der Waals surface area (Å²) in [6, 6.07) is 8.97. The van der Waals surface area contributed by atoms with Crippen LogP contribution in [0.4, 0.5) is 11.7 Å². The van der Waals surface area contributed by atoms with Gasteiger partial charge in [-0.1, -0.05) is 28.4 Å². The summed E-state index contributed by atoms with van der Waals surface area (Å²) in [6.07, 6.45) is 3.33. The van der Waals surface area contributed by atoms with Gasteiger partial charge in [0.15, 0.2) is 0 Å². The summed E-state index contributed by atoms with van der Waals surface area (Å²) in [5.74, 6) is 0.450. The van der Waals surface area contributed by atoms with Crippen LogP contribution < -0.4 is 5.32 Å². The van der Waals surface area contributed by atoms with Gasteiger partial charge >= 0.3 is 6.01 Å². The lowest BCUT2D eigenvalue weighted by Gasteiger charge is -2.03. The first-order valence-corrected chi connectivity index (χ1v) is 6.44. The maximum Gasteiger partial charge on any atom is 0.326 e. The number of anilines is 2. The van der Waals surface area contributed by atoms with Crippen LogP contribution in [0.15, 0.2) is 47.2 Å². The summed E-state index contributed by atoms with van der Waals surface area (Å²) >= 11 is 11.9. The van der Waals surface area contributed by atoms with E-state index in [1.807, 2.05) is 6.07 Å². The number of hydrogen-bond donors (Lipinski definition) is 1. The van der Waals surface area contributed by atoms with E-state index in [4.69, 9.17) is 27.7 Å². The first-order valence-electron chi connectivity index (χ1n) is 5.68. The fraction of sp³-hybridized carbons (Fsp3) is 0. The number of aromatic nitrogens is 3. The monoisotopic (exact) mass is 306 g/mol. The molecule has 0 atom stereocenters. The third-order valence-electron chi connectivity index (χ3n) is 2.52. The molecule has 0 aliphatic rings. The highest BCUT2D eigenvalue weighted by molar-refractivity contribution is 6.36. The Morgan fingerprint density at radius 2 is 2.05 bits per heavy atom. The van der Waals surface area contributed by atoms with Gasteiger partial charge in [0.1, 0.15) is 0 Å². The van der Waals surface area contributed by atoms with Crippen LogP contribution in [0.5, 0.6) is 0 Å². The second kappa shape index (κ2) is 5.48. The minimum Gasteiger partial charge on any atom is -0.315 e. The molecule has 0 saturated heterocycles. The van der Waals surface area contributed by atoms with Crippen molar-refractivity contribution in [2.75, 3.05) is 5.32 Å². The number of hydrogen-bond acceptors (Lipinski definition) is 5. The summed E-state index contributed by atoms with van der Waals surface area (Å²) in [6.45, 7) is 0. The SMILES string of the molecule is Clc1ccc(Nc2nc(-c3cccnc3)no2)c(Cl)c1. The number of benzene rings is 1. The van der Waals surface area contributed by atoms with Gasteiger partial charge in [0.2, 0.25) is 5.82 Å². The van der Waals surface area contributed by atoms with Gasteiger partial charge in [0, 0.05) is 23.0 Å². The highest BCUT2D eigenvalue weighted by atomic mass is 35.5. The van der Waals surface area contributed by atoms with Crippen LogP contribution in [0.3, 0.4) is 0 Å². The number of rotatable bonds is 3. The maximum absolute atomic E-state index is 6.06. The molecule has 7 heteroatoms. The van der Waals surface area contributed by atoms with E-state index in [2.05, 4.69) is 20.4 Å². The fourth-order valence-corrected chi connectivity index (χ4v) is 2.05. The predicted octanol–water partition coefficient (Wildman–Crippen LogP) is 4.18. The Balaban J connectivity index is 1.84. The second-order valence-corrected chi connectivity index (χ2v) is 4.76. The molecular weight excluding hydrogens is 299 g/mol. The Labute approximate surface area is 124 Å². The quantitative estimate of drug-likeness (QED) is 0.786.